The smallest absolute Gasteiger partial charge is 0.0707 e. The fraction of sp³-hybridized carbons (Fsp3) is 1.00. The molecule has 3 heterocycles. The lowest BCUT2D eigenvalue weighted by Crippen LogP contribution is -2.64. The van der Waals surface area contributed by atoms with Crippen LogP contribution in [0.15, 0.2) is 0 Å². The molecule has 0 amide bonds. The van der Waals surface area contributed by atoms with Crippen molar-refractivity contribution in [1.29, 1.82) is 0 Å². The molecule has 3 fully saturated rings. The number of aliphatic hydroxyl groups excluding tert-OH is 1. The molecule has 3 rings (SSSR count). The number of rotatable bonds is 3. The standard InChI is InChI=1S/C10H20N2O/c1-2-3-10(13)9-8-11-4-6-12(9)7-5-11/h9-10,13H,2-8H2,1H3. The van der Waals surface area contributed by atoms with E-state index in [2.05, 4.69) is 16.7 Å². The van der Waals surface area contributed by atoms with Crippen LogP contribution in [0, 0.1) is 0 Å². The van der Waals surface area contributed by atoms with Crippen molar-refractivity contribution in [3.05, 3.63) is 0 Å². The molecule has 0 aromatic carbocycles. The summed E-state index contributed by atoms with van der Waals surface area (Å²) in [5.41, 5.74) is 0. The van der Waals surface area contributed by atoms with E-state index in [4.69, 9.17) is 0 Å². The monoisotopic (exact) mass is 184 g/mol. The number of hydrogen-bond donors (Lipinski definition) is 1. The highest BCUT2D eigenvalue weighted by Crippen LogP contribution is 2.20. The number of piperazine rings is 3. The van der Waals surface area contributed by atoms with Gasteiger partial charge in [-0.05, 0) is 6.42 Å². The Morgan fingerprint density at radius 2 is 2.00 bits per heavy atom. The van der Waals surface area contributed by atoms with Gasteiger partial charge in [-0.1, -0.05) is 13.3 Å². The van der Waals surface area contributed by atoms with Crippen LogP contribution < -0.4 is 0 Å². The zero-order chi connectivity index (χ0) is 9.26. The molecule has 13 heavy (non-hydrogen) atoms. The molecule has 2 unspecified atom stereocenters. The molecule has 3 nitrogen and oxygen atoms in total. The van der Waals surface area contributed by atoms with E-state index >= 15 is 0 Å². The van der Waals surface area contributed by atoms with Crippen LogP contribution in [0.3, 0.4) is 0 Å². The van der Waals surface area contributed by atoms with E-state index in [1.165, 1.54) is 13.1 Å². The summed E-state index contributed by atoms with van der Waals surface area (Å²) in [6.07, 6.45) is 1.94. The van der Waals surface area contributed by atoms with Crippen molar-refractivity contribution < 1.29 is 5.11 Å². The van der Waals surface area contributed by atoms with E-state index in [1.54, 1.807) is 0 Å². The predicted molar refractivity (Wildman–Crippen MR) is 52.7 cm³/mol. The maximum atomic E-state index is 9.93. The molecule has 3 aliphatic rings. The second-order valence-electron chi connectivity index (χ2n) is 4.26. The summed E-state index contributed by atoms with van der Waals surface area (Å²) in [4.78, 5) is 4.93. The Morgan fingerprint density at radius 3 is 2.46 bits per heavy atom. The van der Waals surface area contributed by atoms with E-state index in [0.717, 1.165) is 32.5 Å². The van der Waals surface area contributed by atoms with Gasteiger partial charge in [-0.2, -0.15) is 0 Å². The van der Waals surface area contributed by atoms with Crippen LogP contribution >= 0.6 is 0 Å². The molecule has 76 valence electrons. The fourth-order valence-electron chi connectivity index (χ4n) is 2.51. The molecule has 0 aromatic rings. The summed E-state index contributed by atoms with van der Waals surface area (Å²) in [6, 6.07) is 0.419. The predicted octanol–water partition coefficient (Wildman–Crippen LogP) is 0.147. The Hall–Kier alpha value is -0.120. The second kappa shape index (κ2) is 3.95. The lowest BCUT2D eigenvalue weighted by atomic mass is 9.99. The van der Waals surface area contributed by atoms with Gasteiger partial charge in [0.05, 0.1) is 6.10 Å². The molecule has 2 bridgehead atoms. The zero-order valence-electron chi connectivity index (χ0n) is 8.45. The minimum atomic E-state index is -0.104. The van der Waals surface area contributed by atoms with E-state index in [-0.39, 0.29) is 6.10 Å². The molecule has 3 heteroatoms. The summed E-state index contributed by atoms with van der Waals surface area (Å²) < 4.78 is 0. The summed E-state index contributed by atoms with van der Waals surface area (Å²) in [7, 11) is 0. The zero-order valence-corrected chi connectivity index (χ0v) is 8.45. The van der Waals surface area contributed by atoms with Gasteiger partial charge in [0.1, 0.15) is 0 Å². The number of hydrogen-bond acceptors (Lipinski definition) is 3. The normalized spacial score (nSPS) is 40.6. The first-order valence-corrected chi connectivity index (χ1v) is 5.45. The maximum absolute atomic E-state index is 9.93. The van der Waals surface area contributed by atoms with Crippen molar-refractivity contribution in [1.82, 2.24) is 9.80 Å². The molecule has 2 atom stereocenters. The van der Waals surface area contributed by atoms with Crippen molar-refractivity contribution in [3.63, 3.8) is 0 Å². The van der Waals surface area contributed by atoms with Crippen molar-refractivity contribution in [3.8, 4) is 0 Å². The molecular weight excluding hydrogens is 164 g/mol. The Balaban J connectivity index is 1.92. The first kappa shape index (κ1) is 9.44. The molecule has 0 aliphatic carbocycles. The Kier molecular flexibility index (Phi) is 2.86. The number of fused-ring (bicyclic) bond motifs is 3. The molecule has 0 radical (unpaired) electrons. The highest BCUT2D eigenvalue weighted by Gasteiger charge is 2.35. The van der Waals surface area contributed by atoms with Crippen molar-refractivity contribution in [2.75, 3.05) is 32.7 Å². The minimum Gasteiger partial charge on any atom is -0.391 e. The number of aliphatic hydroxyl groups is 1. The highest BCUT2D eigenvalue weighted by atomic mass is 16.3. The number of nitrogens with zero attached hydrogens (tertiary/aromatic N) is 2. The van der Waals surface area contributed by atoms with Gasteiger partial charge in [0.15, 0.2) is 0 Å². The van der Waals surface area contributed by atoms with Crippen LogP contribution in [-0.4, -0.2) is 59.8 Å². The van der Waals surface area contributed by atoms with Crippen LogP contribution in [0.5, 0.6) is 0 Å². The van der Waals surface area contributed by atoms with Crippen molar-refractivity contribution >= 4 is 0 Å². The summed E-state index contributed by atoms with van der Waals surface area (Å²) in [5.74, 6) is 0. The third-order valence-electron chi connectivity index (χ3n) is 3.35. The van der Waals surface area contributed by atoms with Crippen LogP contribution in [0.1, 0.15) is 19.8 Å². The lowest BCUT2D eigenvalue weighted by Gasteiger charge is -2.49. The first-order chi connectivity index (χ1) is 6.31. The van der Waals surface area contributed by atoms with E-state index < -0.39 is 0 Å². The van der Waals surface area contributed by atoms with Gasteiger partial charge in [0.25, 0.3) is 0 Å². The lowest BCUT2D eigenvalue weighted by molar-refractivity contribution is -0.0481. The van der Waals surface area contributed by atoms with Crippen LogP contribution in [-0.2, 0) is 0 Å². The fourth-order valence-corrected chi connectivity index (χ4v) is 2.51. The maximum Gasteiger partial charge on any atom is 0.0707 e. The Bertz CT molecular complexity index is 166. The molecule has 0 spiro atoms. The third kappa shape index (κ3) is 1.87. The molecule has 3 aliphatic heterocycles. The van der Waals surface area contributed by atoms with Gasteiger partial charge in [0, 0.05) is 38.8 Å². The topological polar surface area (TPSA) is 26.7 Å². The summed E-state index contributed by atoms with van der Waals surface area (Å²) >= 11 is 0. The van der Waals surface area contributed by atoms with Gasteiger partial charge >= 0.3 is 0 Å². The molecule has 3 saturated heterocycles. The van der Waals surface area contributed by atoms with E-state index in [0.29, 0.717) is 6.04 Å². The van der Waals surface area contributed by atoms with E-state index in [1.807, 2.05) is 0 Å². The second-order valence-corrected chi connectivity index (χ2v) is 4.26. The Labute approximate surface area is 80.3 Å². The summed E-state index contributed by atoms with van der Waals surface area (Å²) in [5, 5.41) is 9.93. The largest absolute Gasteiger partial charge is 0.391 e. The molecule has 0 saturated carbocycles. The van der Waals surface area contributed by atoms with Crippen LogP contribution in [0.4, 0.5) is 0 Å². The summed E-state index contributed by atoms with van der Waals surface area (Å²) in [6.45, 7) is 7.95. The van der Waals surface area contributed by atoms with E-state index in [9.17, 15) is 5.11 Å². The van der Waals surface area contributed by atoms with Gasteiger partial charge in [-0.3, -0.25) is 9.80 Å². The molecular formula is C10H20N2O. The highest BCUT2D eigenvalue weighted by molar-refractivity contribution is 4.91. The van der Waals surface area contributed by atoms with Gasteiger partial charge in [-0.15, -0.1) is 0 Å². The van der Waals surface area contributed by atoms with Gasteiger partial charge < -0.3 is 5.11 Å². The van der Waals surface area contributed by atoms with Crippen LogP contribution in [0.25, 0.3) is 0 Å². The SMILES string of the molecule is CCCC(O)C1CN2CCN1CC2. The molecule has 0 aromatic heterocycles. The van der Waals surface area contributed by atoms with Crippen LogP contribution in [0.2, 0.25) is 0 Å². The van der Waals surface area contributed by atoms with Crippen molar-refractivity contribution in [2.45, 2.75) is 31.9 Å². The first-order valence-electron chi connectivity index (χ1n) is 5.45. The molecule has 1 N–H and O–H groups in total. The van der Waals surface area contributed by atoms with Gasteiger partial charge in [-0.25, -0.2) is 0 Å². The average molecular weight is 184 g/mol. The van der Waals surface area contributed by atoms with Crippen molar-refractivity contribution in [2.24, 2.45) is 0 Å². The van der Waals surface area contributed by atoms with Gasteiger partial charge in [0.2, 0.25) is 0 Å². The Morgan fingerprint density at radius 1 is 1.31 bits per heavy atom. The quantitative estimate of drug-likeness (QED) is 0.676. The third-order valence-corrected chi connectivity index (χ3v) is 3.35. The average Bonchev–Trinajstić information content (AvgIpc) is 2.20. The minimum absolute atomic E-state index is 0.104.